The number of furan rings is 1. The summed E-state index contributed by atoms with van der Waals surface area (Å²) in [5.74, 6) is 1.03. The van der Waals surface area contributed by atoms with Gasteiger partial charge in [0.2, 0.25) is 5.09 Å². The number of nitrogens with one attached hydrogen (secondary N) is 2. The van der Waals surface area contributed by atoms with Gasteiger partial charge in [0.25, 0.3) is 10.0 Å². The lowest BCUT2D eigenvalue weighted by molar-refractivity contribution is 0.395. The van der Waals surface area contributed by atoms with E-state index in [1.54, 1.807) is 6.07 Å². The van der Waals surface area contributed by atoms with Crippen molar-refractivity contribution in [1.82, 2.24) is 10.0 Å². The van der Waals surface area contributed by atoms with Crippen LogP contribution in [-0.2, 0) is 16.6 Å². The summed E-state index contributed by atoms with van der Waals surface area (Å²) in [4.78, 5) is 0. The van der Waals surface area contributed by atoms with Crippen LogP contribution >= 0.6 is 0 Å². The molecular weight excluding hydrogens is 264 g/mol. The van der Waals surface area contributed by atoms with Gasteiger partial charge in [0, 0.05) is 6.04 Å². The molecule has 0 aliphatic heterocycles. The minimum atomic E-state index is -3.53. The lowest BCUT2D eigenvalue weighted by Gasteiger charge is -2.16. The zero-order valence-corrected chi connectivity index (χ0v) is 12.3. The van der Waals surface area contributed by atoms with E-state index in [9.17, 15) is 8.42 Å². The summed E-state index contributed by atoms with van der Waals surface area (Å²) in [7, 11) is -3.53. The van der Waals surface area contributed by atoms with Crippen molar-refractivity contribution in [2.45, 2.75) is 50.8 Å². The van der Waals surface area contributed by atoms with Gasteiger partial charge in [0.15, 0.2) is 0 Å². The fraction of sp³-hybridized carbons (Fsp3) is 0.692. The average Bonchev–Trinajstić information content (AvgIpc) is 2.97. The van der Waals surface area contributed by atoms with Gasteiger partial charge in [-0.2, -0.15) is 0 Å². The molecule has 0 radical (unpaired) electrons. The van der Waals surface area contributed by atoms with E-state index >= 15 is 0 Å². The summed E-state index contributed by atoms with van der Waals surface area (Å²) in [5.41, 5.74) is 0. The molecule has 2 unspecified atom stereocenters. The maximum Gasteiger partial charge on any atom is 0.274 e. The van der Waals surface area contributed by atoms with Crippen LogP contribution < -0.4 is 10.0 Å². The van der Waals surface area contributed by atoms with Crippen molar-refractivity contribution < 1.29 is 12.8 Å². The molecule has 0 aromatic carbocycles. The lowest BCUT2D eigenvalue weighted by atomic mass is 10.1. The van der Waals surface area contributed by atoms with Crippen LogP contribution in [0.4, 0.5) is 0 Å². The molecule has 0 bridgehead atoms. The Bertz CT molecular complexity index is 510. The third kappa shape index (κ3) is 3.58. The SMILES string of the molecule is CCNCc1ccc(S(=O)(=O)NC2CCCC2C)o1. The molecule has 2 N–H and O–H groups in total. The van der Waals surface area contributed by atoms with E-state index in [-0.39, 0.29) is 11.1 Å². The Hall–Kier alpha value is -0.850. The van der Waals surface area contributed by atoms with Crippen molar-refractivity contribution in [3.8, 4) is 0 Å². The molecule has 108 valence electrons. The quantitative estimate of drug-likeness (QED) is 0.837. The molecule has 6 heteroatoms. The molecule has 5 nitrogen and oxygen atoms in total. The van der Waals surface area contributed by atoms with Gasteiger partial charge in [-0.05, 0) is 37.4 Å². The normalized spacial score (nSPS) is 23.9. The highest BCUT2D eigenvalue weighted by molar-refractivity contribution is 7.89. The van der Waals surface area contributed by atoms with E-state index in [2.05, 4.69) is 17.0 Å². The Morgan fingerprint density at radius 2 is 2.16 bits per heavy atom. The Kier molecular flexibility index (Phi) is 4.65. The molecule has 1 aromatic heterocycles. The highest BCUT2D eigenvalue weighted by Crippen LogP contribution is 2.26. The summed E-state index contributed by atoms with van der Waals surface area (Å²) < 4.78 is 32.5. The molecule has 1 aliphatic rings. The molecule has 1 aromatic rings. The van der Waals surface area contributed by atoms with Gasteiger partial charge >= 0.3 is 0 Å². The van der Waals surface area contributed by atoms with Gasteiger partial charge in [0.1, 0.15) is 5.76 Å². The zero-order chi connectivity index (χ0) is 13.9. The standard InChI is InChI=1S/C13H22N2O3S/c1-3-14-9-11-7-8-13(18-11)19(16,17)15-12-6-4-5-10(12)2/h7-8,10,12,14-15H,3-6,9H2,1-2H3. The van der Waals surface area contributed by atoms with Crippen molar-refractivity contribution in [3.63, 3.8) is 0 Å². The first kappa shape index (κ1) is 14.6. The molecule has 0 amide bonds. The third-order valence-corrected chi connectivity index (χ3v) is 4.98. The van der Waals surface area contributed by atoms with Gasteiger partial charge in [-0.15, -0.1) is 0 Å². The summed E-state index contributed by atoms with van der Waals surface area (Å²) in [6.45, 7) is 5.44. The van der Waals surface area contributed by atoms with Crippen LogP contribution in [0.3, 0.4) is 0 Å². The third-order valence-electron chi connectivity index (χ3n) is 3.62. The smallest absolute Gasteiger partial charge is 0.274 e. The van der Waals surface area contributed by atoms with E-state index in [0.717, 1.165) is 25.8 Å². The van der Waals surface area contributed by atoms with Crippen molar-refractivity contribution >= 4 is 10.0 Å². The van der Waals surface area contributed by atoms with Gasteiger partial charge < -0.3 is 9.73 Å². The van der Waals surface area contributed by atoms with E-state index in [1.807, 2.05) is 6.92 Å². The van der Waals surface area contributed by atoms with E-state index < -0.39 is 10.0 Å². The summed E-state index contributed by atoms with van der Waals surface area (Å²) >= 11 is 0. The maximum atomic E-state index is 12.2. The molecule has 2 atom stereocenters. The van der Waals surface area contributed by atoms with E-state index in [4.69, 9.17) is 4.42 Å². The number of rotatable bonds is 6. The predicted octanol–water partition coefficient (Wildman–Crippen LogP) is 1.86. The topological polar surface area (TPSA) is 71.3 Å². The van der Waals surface area contributed by atoms with E-state index in [0.29, 0.717) is 18.2 Å². The maximum absolute atomic E-state index is 12.2. The molecule has 19 heavy (non-hydrogen) atoms. The first-order valence-corrected chi connectivity index (χ1v) is 8.33. The molecule has 1 saturated carbocycles. The monoisotopic (exact) mass is 286 g/mol. The van der Waals surface area contributed by atoms with Crippen LogP contribution in [0.1, 0.15) is 38.9 Å². The highest BCUT2D eigenvalue weighted by atomic mass is 32.2. The van der Waals surface area contributed by atoms with Gasteiger partial charge in [-0.25, -0.2) is 13.1 Å². The highest BCUT2D eigenvalue weighted by Gasteiger charge is 2.29. The van der Waals surface area contributed by atoms with Crippen molar-refractivity contribution in [2.75, 3.05) is 6.54 Å². The second-order valence-electron chi connectivity index (χ2n) is 5.14. The van der Waals surface area contributed by atoms with Crippen molar-refractivity contribution in [1.29, 1.82) is 0 Å². The summed E-state index contributed by atoms with van der Waals surface area (Å²) in [5, 5.41) is 3.11. The molecule has 0 saturated heterocycles. The predicted molar refractivity (Wildman–Crippen MR) is 73.2 cm³/mol. The zero-order valence-electron chi connectivity index (χ0n) is 11.5. The van der Waals surface area contributed by atoms with Crippen LogP contribution in [0.5, 0.6) is 0 Å². The Morgan fingerprint density at radius 3 is 2.79 bits per heavy atom. The largest absolute Gasteiger partial charge is 0.447 e. The Labute approximate surface area is 114 Å². The van der Waals surface area contributed by atoms with Gasteiger partial charge in [-0.1, -0.05) is 20.3 Å². The molecule has 0 spiro atoms. The van der Waals surface area contributed by atoms with Crippen LogP contribution in [-0.4, -0.2) is 21.0 Å². The second kappa shape index (κ2) is 6.07. The summed E-state index contributed by atoms with van der Waals surface area (Å²) in [6, 6.07) is 3.26. The van der Waals surface area contributed by atoms with Crippen LogP contribution in [0.15, 0.2) is 21.6 Å². The molecular formula is C13H22N2O3S. The Balaban J connectivity index is 2.04. The Morgan fingerprint density at radius 1 is 1.37 bits per heavy atom. The second-order valence-corrected chi connectivity index (χ2v) is 6.78. The lowest BCUT2D eigenvalue weighted by Crippen LogP contribution is -2.36. The van der Waals surface area contributed by atoms with Crippen LogP contribution in [0.25, 0.3) is 0 Å². The minimum Gasteiger partial charge on any atom is -0.447 e. The fourth-order valence-electron chi connectivity index (χ4n) is 2.42. The van der Waals surface area contributed by atoms with Gasteiger partial charge in [-0.3, -0.25) is 0 Å². The van der Waals surface area contributed by atoms with Gasteiger partial charge in [0.05, 0.1) is 6.54 Å². The number of hydrogen-bond donors (Lipinski definition) is 2. The van der Waals surface area contributed by atoms with E-state index in [1.165, 1.54) is 6.07 Å². The molecule has 2 rings (SSSR count). The molecule has 1 heterocycles. The van der Waals surface area contributed by atoms with Crippen molar-refractivity contribution in [2.24, 2.45) is 5.92 Å². The molecule has 1 fully saturated rings. The first-order valence-electron chi connectivity index (χ1n) is 6.84. The minimum absolute atomic E-state index is 0.0134. The summed E-state index contributed by atoms with van der Waals surface area (Å²) in [6.07, 6.45) is 3.07. The fourth-order valence-corrected chi connectivity index (χ4v) is 3.75. The molecule has 1 aliphatic carbocycles. The first-order chi connectivity index (χ1) is 9.03. The average molecular weight is 286 g/mol. The number of hydrogen-bond acceptors (Lipinski definition) is 4. The van der Waals surface area contributed by atoms with Crippen LogP contribution in [0, 0.1) is 5.92 Å². The van der Waals surface area contributed by atoms with Crippen molar-refractivity contribution in [3.05, 3.63) is 17.9 Å². The van der Waals surface area contributed by atoms with Crippen LogP contribution in [0.2, 0.25) is 0 Å². The number of sulfonamides is 1.